The quantitative estimate of drug-likeness (QED) is 0.703. The minimum atomic E-state index is -0.513. The van der Waals surface area contributed by atoms with Gasteiger partial charge < -0.3 is 16.4 Å². The van der Waals surface area contributed by atoms with Crippen LogP contribution in [0.4, 0.5) is 5.69 Å². The molecule has 0 spiro atoms. The van der Waals surface area contributed by atoms with Gasteiger partial charge in [0.15, 0.2) is 0 Å². The topological polar surface area (TPSA) is 84.2 Å². The van der Waals surface area contributed by atoms with Gasteiger partial charge in [0, 0.05) is 17.3 Å². The van der Waals surface area contributed by atoms with Crippen LogP contribution in [-0.2, 0) is 4.79 Å². The van der Waals surface area contributed by atoms with Crippen molar-refractivity contribution in [3.63, 3.8) is 0 Å². The van der Waals surface area contributed by atoms with Crippen LogP contribution in [0.3, 0.4) is 0 Å². The van der Waals surface area contributed by atoms with Crippen LogP contribution in [-0.4, -0.2) is 24.4 Å². The smallest absolute Gasteiger partial charge is 0.248 e. The van der Waals surface area contributed by atoms with Crippen LogP contribution in [0.2, 0.25) is 0 Å². The Morgan fingerprint density at radius 3 is 2.65 bits per heavy atom. The number of anilines is 1. The van der Waals surface area contributed by atoms with Crippen molar-refractivity contribution in [2.24, 2.45) is 5.73 Å². The summed E-state index contributed by atoms with van der Waals surface area (Å²) in [6.45, 7) is 4.15. The average molecular weight is 235 g/mol. The summed E-state index contributed by atoms with van der Waals surface area (Å²) in [4.78, 5) is 22.5. The molecule has 1 aromatic carbocycles. The van der Waals surface area contributed by atoms with E-state index in [-0.39, 0.29) is 18.5 Å². The molecule has 1 rings (SSSR count). The van der Waals surface area contributed by atoms with Crippen LogP contribution in [0.15, 0.2) is 24.3 Å². The highest BCUT2D eigenvalue weighted by molar-refractivity contribution is 5.96. The van der Waals surface area contributed by atoms with Crippen LogP contribution in [0, 0.1) is 0 Å². The van der Waals surface area contributed by atoms with Crippen molar-refractivity contribution < 1.29 is 9.59 Å². The van der Waals surface area contributed by atoms with E-state index in [1.165, 1.54) is 0 Å². The first-order chi connectivity index (χ1) is 7.99. The van der Waals surface area contributed by atoms with Crippen molar-refractivity contribution >= 4 is 17.5 Å². The lowest BCUT2D eigenvalue weighted by molar-refractivity contribution is -0.115. The van der Waals surface area contributed by atoms with Gasteiger partial charge in [-0.05, 0) is 18.2 Å². The summed E-state index contributed by atoms with van der Waals surface area (Å²) in [5.74, 6) is -0.665. The van der Waals surface area contributed by atoms with Gasteiger partial charge in [-0.3, -0.25) is 9.59 Å². The Morgan fingerprint density at radius 1 is 1.35 bits per heavy atom. The van der Waals surface area contributed by atoms with E-state index in [9.17, 15) is 9.59 Å². The third-order valence-corrected chi connectivity index (χ3v) is 2.10. The van der Waals surface area contributed by atoms with Gasteiger partial charge in [-0.2, -0.15) is 0 Å². The fourth-order valence-electron chi connectivity index (χ4n) is 1.25. The summed E-state index contributed by atoms with van der Waals surface area (Å²) in [5, 5.41) is 5.68. The maximum atomic E-state index is 11.5. The van der Waals surface area contributed by atoms with Crippen LogP contribution in [0.5, 0.6) is 0 Å². The van der Waals surface area contributed by atoms with Crippen LogP contribution in [0.25, 0.3) is 0 Å². The molecule has 5 nitrogen and oxygen atoms in total. The van der Waals surface area contributed by atoms with Gasteiger partial charge in [0.05, 0.1) is 6.54 Å². The summed E-state index contributed by atoms with van der Waals surface area (Å²) < 4.78 is 0. The van der Waals surface area contributed by atoms with Crippen molar-refractivity contribution in [1.29, 1.82) is 0 Å². The number of nitrogens with two attached hydrogens (primary N) is 1. The molecule has 0 saturated heterocycles. The molecule has 2 amide bonds. The lowest BCUT2D eigenvalue weighted by Gasteiger charge is -2.09. The van der Waals surface area contributed by atoms with E-state index in [1.807, 2.05) is 13.8 Å². The van der Waals surface area contributed by atoms with E-state index in [0.717, 1.165) is 0 Å². The Hall–Kier alpha value is -1.88. The number of hydrogen-bond donors (Lipinski definition) is 3. The molecule has 0 aliphatic heterocycles. The molecular formula is C12H17N3O2. The zero-order valence-electron chi connectivity index (χ0n) is 9.99. The molecule has 0 bridgehead atoms. The molecule has 92 valence electrons. The maximum absolute atomic E-state index is 11.5. The number of benzene rings is 1. The molecule has 0 unspecified atom stereocenters. The fourth-order valence-corrected chi connectivity index (χ4v) is 1.25. The highest BCUT2D eigenvalue weighted by atomic mass is 16.2. The summed E-state index contributed by atoms with van der Waals surface area (Å²) in [5.41, 5.74) is 6.09. The van der Waals surface area contributed by atoms with E-state index in [4.69, 9.17) is 5.73 Å². The van der Waals surface area contributed by atoms with Gasteiger partial charge in [0.2, 0.25) is 11.8 Å². The summed E-state index contributed by atoms with van der Waals surface area (Å²) in [7, 11) is 0. The normalized spacial score (nSPS) is 10.3. The van der Waals surface area contributed by atoms with E-state index in [2.05, 4.69) is 10.6 Å². The SMILES string of the molecule is CC(C)NCC(=O)Nc1cccc(C(N)=O)c1. The molecule has 0 fully saturated rings. The number of rotatable bonds is 5. The van der Waals surface area contributed by atoms with E-state index >= 15 is 0 Å². The predicted molar refractivity (Wildman–Crippen MR) is 66.7 cm³/mol. The van der Waals surface area contributed by atoms with Crippen molar-refractivity contribution in [3.8, 4) is 0 Å². The molecule has 0 saturated carbocycles. The van der Waals surface area contributed by atoms with Crippen molar-refractivity contribution in [3.05, 3.63) is 29.8 Å². The third-order valence-electron chi connectivity index (χ3n) is 2.10. The number of nitrogens with one attached hydrogen (secondary N) is 2. The molecular weight excluding hydrogens is 218 g/mol. The van der Waals surface area contributed by atoms with Gasteiger partial charge >= 0.3 is 0 Å². The van der Waals surface area contributed by atoms with E-state index in [1.54, 1.807) is 24.3 Å². The van der Waals surface area contributed by atoms with Gasteiger partial charge in [-0.15, -0.1) is 0 Å². The van der Waals surface area contributed by atoms with Crippen molar-refractivity contribution in [1.82, 2.24) is 5.32 Å². The molecule has 17 heavy (non-hydrogen) atoms. The zero-order chi connectivity index (χ0) is 12.8. The molecule has 4 N–H and O–H groups in total. The van der Waals surface area contributed by atoms with Crippen LogP contribution in [0.1, 0.15) is 24.2 Å². The summed E-state index contributed by atoms with van der Waals surface area (Å²) in [6.07, 6.45) is 0. The monoisotopic (exact) mass is 235 g/mol. The number of hydrogen-bond acceptors (Lipinski definition) is 3. The number of carbonyl (C=O) groups is 2. The first-order valence-corrected chi connectivity index (χ1v) is 5.42. The van der Waals surface area contributed by atoms with Crippen LogP contribution >= 0.6 is 0 Å². The van der Waals surface area contributed by atoms with Crippen molar-refractivity contribution in [2.75, 3.05) is 11.9 Å². The molecule has 0 atom stereocenters. The molecule has 0 aliphatic rings. The van der Waals surface area contributed by atoms with Gasteiger partial charge in [-0.1, -0.05) is 19.9 Å². The molecule has 0 heterocycles. The van der Waals surface area contributed by atoms with Gasteiger partial charge in [0.1, 0.15) is 0 Å². The highest BCUT2D eigenvalue weighted by Gasteiger charge is 2.05. The second kappa shape index (κ2) is 6.00. The summed E-state index contributed by atoms with van der Waals surface area (Å²) >= 11 is 0. The molecule has 1 aromatic rings. The van der Waals surface area contributed by atoms with Crippen LogP contribution < -0.4 is 16.4 Å². The minimum absolute atomic E-state index is 0.152. The molecule has 0 radical (unpaired) electrons. The largest absolute Gasteiger partial charge is 0.366 e. The zero-order valence-corrected chi connectivity index (χ0v) is 9.99. The number of primary amides is 1. The number of amides is 2. The van der Waals surface area contributed by atoms with Gasteiger partial charge in [-0.25, -0.2) is 0 Å². The molecule has 0 aromatic heterocycles. The van der Waals surface area contributed by atoms with Crippen molar-refractivity contribution in [2.45, 2.75) is 19.9 Å². The Morgan fingerprint density at radius 2 is 2.06 bits per heavy atom. The van der Waals surface area contributed by atoms with E-state index in [0.29, 0.717) is 11.3 Å². The Kier molecular flexibility index (Phi) is 4.66. The van der Waals surface area contributed by atoms with Gasteiger partial charge in [0.25, 0.3) is 0 Å². The minimum Gasteiger partial charge on any atom is -0.366 e. The third kappa shape index (κ3) is 4.65. The Bertz CT molecular complexity index is 416. The lowest BCUT2D eigenvalue weighted by Crippen LogP contribution is -2.32. The first kappa shape index (κ1) is 13.2. The Balaban J connectivity index is 2.59. The lowest BCUT2D eigenvalue weighted by atomic mass is 10.2. The van der Waals surface area contributed by atoms with E-state index < -0.39 is 5.91 Å². The second-order valence-electron chi connectivity index (χ2n) is 4.03. The summed E-state index contributed by atoms with van der Waals surface area (Å²) in [6, 6.07) is 6.78. The average Bonchev–Trinajstić information content (AvgIpc) is 2.26. The molecule has 5 heteroatoms. The maximum Gasteiger partial charge on any atom is 0.248 e. The number of carbonyl (C=O) groups excluding carboxylic acids is 2. The fraction of sp³-hybridized carbons (Fsp3) is 0.333. The second-order valence-corrected chi connectivity index (χ2v) is 4.03. The Labute approximate surface area is 100 Å². The standard InChI is InChI=1S/C12H17N3O2/c1-8(2)14-7-11(16)15-10-5-3-4-9(6-10)12(13)17/h3-6,8,14H,7H2,1-2H3,(H2,13,17)(H,15,16). The molecule has 0 aliphatic carbocycles. The first-order valence-electron chi connectivity index (χ1n) is 5.42. The highest BCUT2D eigenvalue weighted by Crippen LogP contribution is 2.09. The predicted octanol–water partition coefficient (Wildman–Crippen LogP) is 0.722.